The van der Waals surface area contributed by atoms with Gasteiger partial charge in [0.25, 0.3) is 0 Å². The fraction of sp³-hybridized carbons (Fsp3) is 0.667. The van der Waals surface area contributed by atoms with E-state index in [2.05, 4.69) is 51.8 Å². The number of halogens is 3. The standard InChI is InChI=1S/C30H45F3N4O3Si/c1-17(2)37-16-35-25-11-23(10-24(27(25)37)30(31,32)33)39-15-22-13-29(38,12-21(9)36-22)26-14-34-28(40-26)41(18(3)4,19(5)6)20(7)8/h10-11,14,16-22,36,38H,12-13,15H2,1-9H3/t21-,22-,29-/m0/s1. The van der Waals surface area contributed by atoms with Gasteiger partial charge in [0, 0.05) is 30.6 Å². The molecule has 0 amide bonds. The molecule has 4 rings (SSSR count). The molecule has 1 saturated heterocycles. The van der Waals surface area contributed by atoms with E-state index in [0.717, 1.165) is 11.6 Å². The first-order valence-electron chi connectivity index (χ1n) is 14.7. The molecule has 2 aromatic heterocycles. The van der Waals surface area contributed by atoms with Gasteiger partial charge in [0.1, 0.15) is 18.0 Å². The Morgan fingerprint density at radius 2 is 1.71 bits per heavy atom. The van der Waals surface area contributed by atoms with E-state index in [4.69, 9.17) is 14.1 Å². The summed E-state index contributed by atoms with van der Waals surface area (Å²) in [5, 5.41) is 15.3. The second-order valence-corrected chi connectivity index (χ2v) is 18.8. The number of nitrogens with one attached hydrogen (secondary N) is 1. The van der Waals surface area contributed by atoms with Gasteiger partial charge < -0.3 is 24.1 Å². The second kappa shape index (κ2) is 11.4. The van der Waals surface area contributed by atoms with Crippen LogP contribution in [0.4, 0.5) is 13.2 Å². The number of rotatable bonds is 9. The van der Waals surface area contributed by atoms with Crippen molar-refractivity contribution in [3.05, 3.63) is 36.0 Å². The molecule has 2 N–H and O–H groups in total. The minimum Gasteiger partial charge on any atom is -0.492 e. The van der Waals surface area contributed by atoms with Crippen molar-refractivity contribution in [2.24, 2.45) is 0 Å². The highest BCUT2D eigenvalue weighted by Crippen LogP contribution is 2.43. The molecule has 3 heterocycles. The molecule has 11 heteroatoms. The van der Waals surface area contributed by atoms with Crippen LogP contribution in [-0.2, 0) is 11.8 Å². The summed E-state index contributed by atoms with van der Waals surface area (Å²) in [5.74, 6) is 0.538. The first-order chi connectivity index (χ1) is 19.0. The number of oxazole rings is 1. The number of hydrogen-bond donors (Lipinski definition) is 2. The molecule has 41 heavy (non-hydrogen) atoms. The van der Waals surface area contributed by atoms with Crippen molar-refractivity contribution < 1.29 is 27.4 Å². The number of fused-ring (bicyclic) bond motifs is 1. The summed E-state index contributed by atoms with van der Waals surface area (Å²) in [4.78, 5) is 8.97. The summed E-state index contributed by atoms with van der Waals surface area (Å²) >= 11 is 0. The van der Waals surface area contributed by atoms with Crippen LogP contribution in [0.5, 0.6) is 5.75 Å². The van der Waals surface area contributed by atoms with Gasteiger partial charge in [-0.15, -0.1) is 0 Å². The highest BCUT2D eigenvalue weighted by molar-refractivity contribution is 6.93. The predicted octanol–water partition coefficient (Wildman–Crippen LogP) is 6.92. The third-order valence-corrected chi connectivity index (χ3v) is 15.6. The maximum absolute atomic E-state index is 14.0. The van der Waals surface area contributed by atoms with E-state index < -0.39 is 25.4 Å². The van der Waals surface area contributed by atoms with E-state index in [1.165, 1.54) is 10.9 Å². The largest absolute Gasteiger partial charge is 0.492 e. The smallest absolute Gasteiger partial charge is 0.418 e. The Hall–Kier alpha value is -2.37. The number of imidazole rings is 1. The van der Waals surface area contributed by atoms with Gasteiger partial charge in [-0.2, -0.15) is 13.2 Å². The van der Waals surface area contributed by atoms with Gasteiger partial charge in [-0.05, 0) is 49.9 Å². The van der Waals surface area contributed by atoms with E-state index >= 15 is 0 Å². The summed E-state index contributed by atoms with van der Waals surface area (Å²) < 4.78 is 56.0. The Balaban J connectivity index is 1.59. The Kier molecular flexibility index (Phi) is 8.75. The molecule has 0 spiro atoms. The molecule has 1 aliphatic rings. The summed E-state index contributed by atoms with van der Waals surface area (Å²) in [6.45, 7) is 19.1. The van der Waals surface area contributed by atoms with Crippen molar-refractivity contribution in [1.82, 2.24) is 19.9 Å². The minimum atomic E-state index is -4.56. The maximum Gasteiger partial charge on any atom is 0.418 e. The first-order valence-corrected chi connectivity index (χ1v) is 16.9. The summed E-state index contributed by atoms with van der Waals surface area (Å²) in [6.07, 6.45) is -0.752. The van der Waals surface area contributed by atoms with Crippen LogP contribution in [0.15, 0.2) is 29.1 Å². The quantitative estimate of drug-likeness (QED) is 0.262. The van der Waals surface area contributed by atoms with Gasteiger partial charge in [-0.3, -0.25) is 0 Å². The van der Waals surface area contributed by atoms with E-state index in [9.17, 15) is 18.3 Å². The molecule has 0 bridgehead atoms. The van der Waals surface area contributed by atoms with E-state index in [-0.39, 0.29) is 47.9 Å². The number of piperidine rings is 1. The Morgan fingerprint density at radius 1 is 1.07 bits per heavy atom. The molecule has 3 atom stereocenters. The zero-order chi connectivity index (χ0) is 30.5. The van der Waals surface area contributed by atoms with Crippen LogP contribution in [0.1, 0.15) is 92.5 Å². The zero-order valence-electron chi connectivity index (χ0n) is 25.6. The number of hydrogen-bond acceptors (Lipinski definition) is 6. The topological polar surface area (TPSA) is 85.3 Å². The van der Waals surface area contributed by atoms with Gasteiger partial charge in [-0.1, -0.05) is 41.5 Å². The van der Waals surface area contributed by atoms with Gasteiger partial charge in [0.15, 0.2) is 19.3 Å². The van der Waals surface area contributed by atoms with E-state index in [1.807, 2.05) is 20.8 Å². The van der Waals surface area contributed by atoms with Gasteiger partial charge in [-0.25, -0.2) is 9.97 Å². The first kappa shape index (κ1) is 31.6. The molecule has 1 aliphatic heterocycles. The lowest BCUT2D eigenvalue weighted by Gasteiger charge is -2.41. The van der Waals surface area contributed by atoms with Crippen LogP contribution < -0.4 is 15.6 Å². The van der Waals surface area contributed by atoms with Crippen LogP contribution in [0, 0.1) is 0 Å². The monoisotopic (exact) mass is 594 g/mol. The Labute approximate surface area is 241 Å². The molecule has 3 aromatic rings. The normalized spacial score (nSPS) is 22.6. The van der Waals surface area contributed by atoms with Crippen molar-refractivity contribution in [3.63, 3.8) is 0 Å². The number of alkyl halides is 3. The SMILES string of the molecule is CC(C)n1cnc2cc(OC[C@@H]3C[C@](O)(c4cnc([Si](C(C)C)(C(C)C)C(C)C)o4)C[C@H](C)N3)cc(C(F)(F)F)c21. The van der Waals surface area contributed by atoms with Crippen molar-refractivity contribution in [3.8, 4) is 5.75 Å². The van der Waals surface area contributed by atoms with Crippen LogP contribution >= 0.6 is 0 Å². The molecule has 228 valence electrons. The number of nitrogens with zero attached hydrogens (tertiary/aromatic N) is 3. The molecule has 1 aromatic carbocycles. The molecule has 0 radical (unpaired) electrons. The molecule has 0 saturated carbocycles. The number of aliphatic hydroxyl groups is 1. The van der Waals surface area contributed by atoms with Crippen molar-refractivity contribution in [2.75, 3.05) is 6.61 Å². The lowest BCUT2D eigenvalue weighted by molar-refractivity contribution is -0.136. The van der Waals surface area contributed by atoms with Gasteiger partial charge in [0.05, 0.1) is 29.1 Å². The molecule has 0 unspecified atom stereocenters. The third kappa shape index (κ3) is 5.81. The fourth-order valence-corrected chi connectivity index (χ4v) is 13.3. The number of ether oxygens (including phenoxy) is 1. The molecule has 0 aliphatic carbocycles. The number of benzene rings is 1. The van der Waals surface area contributed by atoms with Gasteiger partial charge >= 0.3 is 6.18 Å². The van der Waals surface area contributed by atoms with Crippen LogP contribution in [-0.4, -0.2) is 46.4 Å². The van der Waals surface area contributed by atoms with E-state index in [0.29, 0.717) is 28.8 Å². The average Bonchev–Trinajstić information content (AvgIpc) is 3.49. The minimum absolute atomic E-state index is 0.0450. The van der Waals surface area contributed by atoms with Crippen molar-refractivity contribution in [2.45, 2.75) is 122 Å². The van der Waals surface area contributed by atoms with Crippen LogP contribution in [0.25, 0.3) is 11.0 Å². The predicted molar refractivity (Wildman–Crippen MR) is 157 cm³/mol. The number of aromatic nitrogens is 3. The van der Waals surface area contributed by atoms with Crippen molar-refractivity contribution in [1.29, 1.82) is 0 Å². The Morgan fingerprint density at radius 3 is 2.27 bits per heavy atom. The highest BCUT2D eigenvalue weighted by atomic mass is 28.3. The summed E-state index contributed by atoms with van der Waals surface area (Å²) in [5.41, 5.74) is 0.212. The third-order valence-electron chi connectivity index (χ3n) is 8.90. The summed E-state index contributed by atoms with van der Waals surface area (Å²) in [6, 6.07) is 2.01. The maximum atomic E-state index is 14.0. The molecule has 1 fully saturated rings. The lowest BCUT2D eigenvalue weighted by Crippen LogP contribution is -2.56. The molecular formula is C30H45F3N4O3Si. The highest BCUT2D eigenvalue weighted by Gasteiger charge is 2.50. The van der Waals surface area contributed by atoms with Crippen molar-refractivity contribution >= 4 is 24.6 Å². The second-order valence-electron chi connectivity index (χ2n) is 13.0. The lowest BCUT2D eigenvalue weighted by atomic mass is 9.82. The van der Waals surface area contributed by atoms with Gasteiger partial charge in [0.2, 0.25) is 0 Å². The average molecular weight is 595 g/mol. The van der Waals surface area contributed by atoms with E-state index in [1.54, 1.807) is 12.3 Å². The fourth-order valence-electron chi connectivity index (χ4n) is 7.29. The zero-order valence-corrected chi connectivity index (χ0v) is 26.6. The molecule has 7 nitrogen and oxygen atoms in total. The Bertz CT molecular complexity index is 1330. The van der Waals surface area contributed by atoms with Crippen LogP contribution in [0.3, 0.4) is 0 Å². The summed E-state index contributed by atoms with van der Waals surface area (Å²) in [7, 11) is -2.15. The van der Waals surface area contributed by atoms with Crippen LogP contribution in [0.2, 0.25) is 16.6 Å². The molecular weight excluding hydrogens is 549 g/mol.